The number of carbonyl (C=O) groups excluding carboxylic acids is 2. The number of pyridine rings is 1. The van der Waals surface area contributed by atoms with E-state index in [1.807, 2.05) is 16.0 Å². The molecule has 2 fully saturated rings. The highest BCUT2D eigenvalue weighted by Gasteiger charge is 2.35. The molecule has 10 heteroatoms. The van der Waals surface area contributed by atoms with Crippen molar-refractivity contribution in [2.45, 2.75) is 57.4 Å². The minimum absolute atomic E-state index is 0.0000666. The predicted octanol–water partition coefficient (Wildman–Crippen LogP) is 5.40. The Hall–Kier alpha value is -3.53. The van der Waals surface area contributed by atoms with Crippen LogP contribution in [0.3, 0.4) is 0 Å². The van der Waals surface area contributed by atoms with Gasteiger partial charge in [0.25, 0.3) is 5.56 Å². The van der Waals surface area contributed by atoms with E-state index in [2.05, 4.69) is 37.2 Å². The van der Waals surface area contributed by atoms with E-state index in [-0.39, 0.29) is 41.1 Å². The van der Waals surface area contributed by atoms with Crippen molar-refractivity contribution >= 4 is 49.6 Å². The number of benzene rings is 2. The summed E-state index contributed by atoms with van der Waals surface area (Å²) in [6.45, 7) is 2.33. The molecule has 0 unspecified atom stereocenters. The number of aryl methyl sites for hydroxylation is 1. The summed E-state index contributed by atoms with van der Waals surface area (Å²) in [5, 5.41) is 9.03. The fourth-order valence-electron chi connectivity index (χ4n) is 6.82. The molecule has 218 valence electrons. The standard InChI is InChI=1S/C32H33BrFN5O3/c33-26-13-20-6-7-22(32(42)39(16-18-4-5-18)17-25(20)24-15-35-37-30(24)26)14-28(40)38-10-8-19(9-11-38)23-12-21-2-1-3-27(34)29(21)36-31(23)41/h1-3,12-13,15,18-19,22H,4-11,14,16-17H2,(H,35,37)(H,36,41)/t22-/m0/s1. The van der Waals surface area contributed by atoms with E-state index >= 15 is 0 Å². The number of hydrogen-bond donors (Lipinski definition) is 2. The Bertz CT molecular complexity index is 1750. The molecule has 4 heterocycles. The lowest BCUT2D eigenvalue weighted by molar-refractivity contribution is -0.142. The predicted molar refractivity (Wildman–Crippen MR) is 161 cm³/mol. The highest BCUT2D eigenvalue weighted by atomic mass is 79.9. The summed E-state index contributed by atoms with van der Waals surface area (Å²) in [6.07, 6.45) is 6.99. The van der Waals surface area contributed by atoms with Crippen LogP contribution in [0.25, 0.3) is 21.8 Å². The second-order valence-electron chi connectivity index (χ2n) is 12.2. The molecule has 0 radical (unpaired) electrons. The third-order valence-electron chi connectivity index (χ3n) is 9.41. The minimum Gasteiger partial charge on any atom is -0.343 e. The summed E-state index contributed by atoms with van der Waals surface area (Å²) < 4.78 is 15.1. The normalized spacial score (nSPS) is 20.1. The van der Waals surface area contributed by atoms with Crippen LogP contribution in [0.1, 0.15) is 61.1 Å². The lowest BCUT2D eigenvalue weighted by atomic mass is 9.87. The van der Waals surface area contributed by atoms with Crippen LogP contribution in [-0.4, -0.2) is 56.4 Å². The molecule has 1 aliphatic carbocycles. The monoisotopic (exact) mass is 633 g/mol. The molecule has 42 heavy (non-hydrogen) atoms. The van der Waals surface area contributed by atoms with Crippen LogP contribution >= 0.6 is 15.9 Å². The summed E-state index contributed by atoms with van der Waals surface area (Å²) in [5.74, 6) is -0.194. The number of nitrogens with zero attached hydrogens (tertiary/aromatic N) is 3. The number of piperidine rings is 1. The van der Waals surface area contributed by atoms with E-state index in [1.54, 1.807) is 18.2 Å². The molecule has 8 nitrogen and oxygen atoms in total. The van der Waals surface area contributed by atoms with E-state index in [0.717, 1.165) is 46.7 Å². The van der Waals surface area contributed by atoms with Crippen LogP contribution in [0.4, 0.5) is 4.39 Å². The third-order valence-corrected chi connectivity index (χ3v) is 10.0. The van der Waals surface area contributed by atoms with E-state index < -0.39 is 5.82 Å². The molecule has 2 amide bonds. The Balaban J connectivity index is 1.06. The fraction of sp³-hybridized carbons (Fsp3) is 0.438. The third kappa shape index (κ3) is 5.14. The summed E-state index contributed by atoms with van der Waals surface area (Å²) in [4.78, 5) is 46.8. The first-order valence-electron chi connectivity index (χ1n) is 14.9. The number of aromatic nitrogens is 3. The van der Waals surface area contributed by atoms with Gasteiger partial charge in [0.2, 0.25) is 11.8 Å². The second kappa shape index (κ2) is 10.9. The fourth-order valence-corrected chi connectivity index (χ4v) is 7.40. The molecule has 4 aromatic rings. The highest BCUT2D eigenvalue weighted by Crippen LogP contribution is 2.36. The zero-order valence-electron chi connectivity index (χ0n) is 23.3. The Morgan fingerprint density at radius 3 is 2.67 bits per heavy atom. The Kier molecular flexibility index (Phi) is 7.12. The zero-order chi connectivity index (χ0) is 29.0. The molecule has 3 aliphatic rings. The van der Waals surface area contributed by atoms with Crippen LogP contribution in [0.5, 0.6) is 0 Å². The van der Waals surface area contributed by atoms with Crippen molar-refractivity contribution in [3.05, 3.63) is 73.9 Å². The van der Waals surface area contributed by atoms with Gasteiger partial charge in [-0.15, -0.1) is 0 Å². The lowest BCUT2D eigenvalue weighted by Gasteiger charge is -2.35. The summed E-state index contributed by atoms with van der Waals surface area (Å²) in [5.41, 5.74) is 3.89. The number of amides is 2. The number of hydrogen-bond acceptors (Lipinski definition) is 4. The SMILES string of the molecule is O=C(C[C@@H]1CCc2cc(Br)c3[nH]ncc3c2CN(CC2CC2)C1=O)N1CCC(c2cc3cccc(F)c3[nH]c2=O)CC1. The van der Waals surface area contributed by atoms with Crippen LogP contribution in [0, 0.1) is 17.7 Å². The smallest absolute Gasteiger partial charge is 0.251 e. The average molecular weight is 635 g/mol. The van der Waals surface area contributed by atoms with Gasteiger partial charge in [-0.3, -0.25) is 19.5 Å². The van der Waals surface area contributed by atoms with Crippen molar-refractivity contribution in [3.63, 3.8) is 0 Å². The van der Waals surface area contributed by atoms with Crippen molar-refractivity contribution in [2.24, 2.45) is 11.8 Å². The highest BCUT2D eigenvalue weighted by molar-refractivity contribution is 9.10. The van der Waals surface area contributed by atoms with Gasteiger partial charge in [0.15, 0.2) is 0 Å². The van der Waals surface area contributed by atoms with E-state index in [1.165, 1.54) is 11.6 Å². The van der Waals surface area contributed by atoms with Gasteiger partial charge in [-0.05, 0) is 95.6 Å². The zero-order valence-corrected chi connectivity index (χ0v) is 24.9. The van der Waals surface area contributed by atoms with Crippen molar-refractivity contribution in [1.29, 1.82) is 0 Å². The molecule has 2 aromatic carbocycles. The van der Waals surface area contributed by atoms with Gasteiger partial charge in [-0.1, -0.05) is 12.1 Å². The first-order chi connectivity index (χ1) is 20.4. The molecule has 1 saturated heterocycles. The van der Waals surface area contributed by atoms with Gasteiger partial charge >= 0.3 is 0 Å². The molecule has 2 aliphatic heterocycles. The maximum absolute atomic E-state index is 14.1. The molecular formula is C32H33BrFN5O3. The van der Waals surface area contributed by atoms with Gasteiger partial charge in [-0.2, -0.15) is 5.10 Å². The summed E-state index contributed by atoms with van der Waals surface area (Å²) in [7, 11) is 0. The number of H-pyrrole nitrogens is 2. The number of likely N-dealkylation sites (tertiary alicyclic amines) is 1. The van der Waals surface area contributed by atoms with Crippen LogP contribution < -0.4 is 5.56 Å². The Labute approximate surface area is 250 Å². The van der Waals surface area contributed by atoms with E-state index in [4.69, 9.17) is 0 Å². The molecule has 0 bridgehead atoms. The first-order valence-corrected chi connectivity index (χ1v) is 15.7. The summed E-state index contributed by atoms with van der Waals surface area (Å²) >= 11 is 3.68. The number of fused-ring (bicyclic) bond motifs is 4. The maximum Gasteiger partial charge on any atom is 0.251 e. The van der Waals surface area contributed by atoms with E-state index in [0.29, 0.717) is 55.8 Å². The van der Waals surface area contributed by atoms with Crippen molar-refractivity contribution in [2.75, 3.05) is 19.6 Å². The minimum atomic E-state index is -0.443. The average Bonchev–Trinajstić information content (AvgIpc) is 3.67. The number of carbonyl (C=O) groups is 2. The number of nitrogens with one attached hydrogen (secondary N) is 2. The molecule has 2 N–H and O–H groups in total. The quantitative estimate of drug-likeness (QED) is 0.307. The largest absolute Gasteiger partial charge is 0.343 e. The van der Waals surface area contributed by atoms with Gasteiger partial charge in [0.05, 0.1) is 17.2 Å². The van der Waals surface area contributed by atoms with Gasteiger partial charge in [-0.25, -0.2) is 4.39 Å². The Morgan fingerprint density at radius 1 is 1.07 bits per heavy atom. The maximum atomic E-state index is 14.1. The second-order valence-corrected chi connectivity index (χ2v) is 13.0. The van der Waals surface area contributed by atoms with Crippen LogP contribution in [0.15, 0.2) is 45.8 Å². The molecular weight excluding hydrogens is 601 g/mol. The molecule has 1 saturated carbocycles. The molecule has 0 spiro atoms. The lowest BCUT2D eigenvalue weighted by Crippen LogP contribution is -2.43. The molecule has 2 aromatic heterocycles. The van der Waals surface area contributed by atoms with Crippen molar-refractivity contribution in [3.8, 4) is 0 Å². The topological polar surface area (TPSA) is 102 Å². The van der Waals surface area contributed by atoms with Gasteiger partial charge in [0, 0.05) is 59.3 Å². The van der Waals surface area contributed by atoms with Crippen molar-refractivity contribution in [1.82, 2.24) is 25.0 Å². The molecule has 1 atom stereocenters. The number of rotatable bonds is 5. The van der Waals surface area contributed by atoms with E-state index in [9.17, 15) is 18.8 Å². The number of para-hydroxylation sites is 1. The van der Waals surface area contributed by atoms with Gasteiger partial charge in [0.1, 0.15) is 5.82 Å². The van der Waals surface area contributed by atoms with Crippen LogP contribution in [0.2, 0.25) is 0 Å². The first kappa shape index (κ1) is 27.3. The number of halogens is 2. The Morgan fingerprint density at radius 2 is 1.88 bits per heavy atom. The summed E-state index contributed by atoms with van der Waals surface area (Å²) in [6, 6.07) is 8.69. The van der Waals surface area contributed by atoms with Crippen LogP contribution in [-0.2, 0) is 22.6 Å². The number of aromatic amines is 2. The molecule has 7 rings (SSSR count). The van der Waals surface area contributed by atoms with Gasteiger partial charge < -0.3 is 14.8 Å². The van der Waals surface area contributed by atoms with Crippen molar-refractivity contribution < 1.29 is 14.0 Å².